The maximum Gasteiger partial charge on any atom is 0.0952 e. The smallest absolute Gasteiger partial charge is 0.0952 e. The Hall–Kier alpha value is -0.980. The number of rotatable bonds is 6. The van der Waals surface area contributed by atoms with Gasteiger partial charge in [0.2, 0.25) is 0 Å². The molecule has 4 atom stereocenters. The van der Waals surface area contributed by atoms with E-state index in [-0.39, 0.29) is 12.1 Å². The molecule has 1 aliphatic heterocycles. The van der Waals surface area contributed by atoms with E-state index in [0.29, 0.717) is 5.92 Å². The molecule has 4 nitrogen and oxygen atoms in total. The van der Waals surface area contributed by atoms with Crippen LogP contribution >= 0.6 is 11.6 Å². The zero-order valence-electron chi connectivity index (χ0n) is 15.4. The van der Waals surface area contributed by atoms with Gasteiger partial charge in [0.15, 0.2) is 0 Å². The molecule has 0 amide bonds. The van der Waals surface area contributed by atoms with E-state index in [1.165, 1.54) is 11.1 Å². The van der Waals surface area contributed by atoms with Crippen LogP contribution in [0.3, 0.4) is 0 Å². The van der Waals surface area contributed by atoms with Crippen LogP contribution in [-0.2, 0) is 15.7 Å². The predicted molar refractivity (Wildman–Crippen MR) is 109 cm³/mol. The first-order valence-electron chi connectivity index (χ1n) is 9.07. The van der Waals surface area contributed by atoms with Crippen LogP contribution in [0.15, 0.2) is 48.1 Å². The Labute approximate surface area is 163 Å². The molecule has 1 N–H and O–H groups in total. The molecular weight excluding hydrogens is 368 g/mol. The van der Waals surface area contributed by atoms with Crippen molar-refractivity contribution in [3.8, 4) is 0 Å². The lowest BCUT2D eigenvalue weighted by molar-refractivity contribution is -0.0266. The van der Waals surface area contributed by atoms with Crippen molar-refractivity contribution in [3.63, 3.8) is 0 Å². The van der Waals surface area contributed by atoms with Crippen molar-refractivity contribution in [1.82, 2.24) is 9.62 Å². The fourth-order valence-electron chi connectivity index (χ4n) is 3.50. The molecule has 0 bridgehead atoms. The third-order valence-electron chi connectivity index (χ3n) is 5.00. The van der Waals surface area contributed by atoms with Gasteiger partial charge in [-0.1, -0.05) is 42.0 Å². The summed E-state index contributed by atoms with van der Waals surface area (Å²) in [4.78, 5) is 2.45. The Balaban J connectivity index is 1.53. The molecule has 3 rings (SSSR count). The SMILES string of the molecule is CC(NS(C)=O)C1C=CC(CN2CCOC(c3ccc(Cl)cc3)C2)=CC1. The molecule has 6 heteroatoms. The Bertz CT molecular complexity index is 690. The van der Waals surface area contributed by atoms with Gasteiger partial charge in [-0.3, -0.25) is 4.90 Å². The topological polar surface area (TPSA) is 41.6 Å². The number of nitrogens with one attached hydrogen (secondary N) is 1. The summed E-state index contributed by atoms with van der Waals surface area (Å²) >= 11 is 5.98. The second kappa shape index (κ2) is 9.29. The van der Waals surface area contributed by atoms with E-state index < -0.39 is 11.0 Å². The number of halogens is 1. The molecule has 0 saturated carbocycles. The maximum absolute atomic E-state index is 11.3. The number of ether oxygens (including phenoxy) is 1. The van der Waals surface area contributed by atoms with Gasteiger partial charge in [-0.05, 0) is 42.5 Å². The van der Waals surface area contributed by atoms with Crippen molar-refractivity contribution in [1.29, 1.82) is 0 Å². The first kappa shape index (κ1) is 19.8. The van der Waals surface area contributed by atoms with Crippen LogP contribution in [0, 0.1) is 5.92 Å². The summed E-state index contributed by atoms with van der Waals surface area (Å²) in [6, 6.07) is 8.15. The van der Waals surface area contributed by atoms with E-state index in [0.717, 1.165) is 37.7 Å². The van der Waals surface area contributed by atoms with Crippen LogP contribution in [-0.4, -0.2) is 47.6 Å². The van der Waals surface area contributed by atoms with Gasteiger partial charge < -0.3 is 4.74 Å². The van der Waals surface area contributed by atoms with Gasteiger partial charge in [0.05, 0.1) is 23.7 Å². The number of hydrogen-bond acceptors (Lipinski definition) is 3. The lowest BCUT2D eigenvalue weighted by atomic mass is 9.91. The quantitative estimate of drug-likeness (QED) is 0.803. The second-order valence-corrected chi connectivity index (χ2v) is 8.62. The van der Waals surface area contributed by atoms with Crippen LogP contribution in [0.4, 0.5) is 0 Å². The number of nitrogens with zero attached hydrogens (tertiary/aromatic N) is 1. The normalized spacial score (nSPS) is 26.3. The molecule has 1 aromatic carbocycles. The second-order valence-electron chi connectivity index (χ2n) is 7.04. The molecule has 0 radical (unpaired) electrons. The van der Waals surface area contributed by atoms with E-state index in [1.54, 1.807) is 6.26 Å². The zero-order chi connectivity index (χ0) is 18.5. The van der Waals surface area contributed by atoms with Crippen molar-refractivity contribution >= 4 is 22.6 Å². The average Bonchev–Trinajstić information content (AvgIpc) is 2.62. The maximum atomic E-state index is 11.3. The van der Waals surface area contributed by atoms with E-state index in [2.05, 4.69) is 34.8 Å². The van der Waals surface area contributed by atoms with Gasteiger partial charge in [-0.25, -0.2) is 8.93 Å². The zero-order valence-corrected chi connectivity index (χ0v) is 16.9. The minimum absolute atomic E-state index is 0.102. The third-order valence-corrected chi connectivity index (χ3v) is 5.96. The number of allylic oxidation sites excluding steroid dienone is 1. The van der Waals surface area contributed by atoms with Crippen LogP contribution in [0.1, 0.15) is 25.0 Å². The summed E-state index contributed by atoms with van der Waals surface area (Å²) in [5.41, 5.74) is 2.53. The van der Waals surface area contributed by atoms with Crippen molar-refractivity contribution in [3.05, 3.63) is 58.7 Å². The summed E-state index contributed by atoms with van der Waals surface area (Å²) in [5.74, 6) is 0.397. The Morgan fingerprint density at radius 3 is 2.81 bits per heavy atom. The third kappa shape index (κ3) is 5.51. The first-order valence-corrected chi connectivity index (χ1v) is 11.0. The predicted octanol–water partition coefficient (Wildman–Crippen LogP) is 3.49. The summed E-state index contributed by atoms with van der Waals surface area (Å²) < 4.78 is 20.4. The average molecular weight is 395 g/mol. The van der Waals surface area contributed by atoms with Crippen LogP contribution in [0.5, 0.6) is 0 Å². The number of benzene rings is 1. The molecule has 1 heterocycles. The lowest BCUT2D eigenvalue weighted by Crippen LogP contribution is -2.39. The number of morpholine rings is 1. The highest BCUT2D eigenvalue weighted by Crippen LogP contribution is 2.25. The van der Waals surface area contributed by atoms with Gasteiger partial charge in [0.25, 0.3) is 0 Å². The van der Waals surface area contributed by atoms with Gasteiger partial charge in [0, 0.05) is 37.0 Å². The molecule has 142 valence electrons. The van der Waals surface area contributed by atoms with Gasteiger partial charge >= 0.3 is 0 Å². The Morgan fingerprint density at radius 2 is 2.15 bits per heavy atom. The molecule has 1 aromatic rings. The van der Waals surface area contributed by atoms with E-state index in [1.807, 2.05) is 24.3 Å². The molecule has 2 aliphatic rings. The molecular formula is C20H27ClN2O2S. The Kier molecular flexibility index (Phi) is 7.06. The molecule has 0 aromatic heterocycles. The van der Waals surface area contributed by atoms with Crippen LogP contribution < -0.4 is 4.72 Å². The molecule has 1 aliphatic carbocycles. The van der Waals surface area contributed by atoms with E-state index in [9.17, 15) is 4.21 Å². The van der Waals surface area contributed by atoms with Gasteiger partial charge in [-0.2, -0.15) is 0 Å². The molecule has 26 heavy (non-hydrogen) atoms. The summed E-state index contributed by atoms with van der Waals surface area (Å²) in [6.07, 6.45) is 9.55. The summed E-state index contributed by atoms with van der Waals surface area (Å²) in [6.45, 7) is 5.62. The summed E-state index contributed by atoms with van der Waals surface area (Å²) in [5, 5.41) is 0.754. The fraction of sp³-hybridized carbons (Fsp3) is 0.500. The molecule has 1 fully saturated rings. The van der Waals surface area contributed by atoms with Crippen LogP contribution in [0.25, 0.3) is 0 Å². The monoisotopic (exact) mass is 394 g/mol. The van der Waals surface area contributed by atoms with E-state index in [4.69, 9.17) is 16.3 Å². The summed E-state index contributed by atoms with van der Waals surface area (Å²) in [7, 11) is -0.971. The van der Waals surface area contributed by atoms with Gasteiger partial charge in [0.1, 0.15) is 0 Å². The Morgan fingerprint density at radius 1 is 1.38 bits per heavy atom. The minimum Gasteiger partial charge on any atom is -0.371 e. The van der Waals surface area contributed by atoms with Crippen molar-refractivity contribution < 1.29 is 8.95 Å². The van der Waals surface area contributed by atoms with Crippen molar-refractivity contribution in [2.24, 2.45) is 5.92 Å². The standard InChI is InChI=1S/C20H27ClN2O2S/c1-15(22-26(2)24)17-5-3-16(4-6-17)13-23-11-12-25-20(14-23)18-7-9-19(21)10-8-18/h3-5,7-10,15,17,20,22H,6,11-14H2,1-2H3. The highest BCUT2D eigenvalue weighted by atomic mass is 35.5. The first-order chi connectivity index (χ1) is 12.5. The van der Waals surface area contributed by atoms with Crippen LogP contribution in [0.2, 0.25) is 5.02 Å². The molecule has 0 spiro atoms. The van der Waals surface area contributed by atoms with Crippen molar-refractivity contribution in [2.75, 3.05) is 32.5 Å². The largest absolute Gasteiger partial charge is 0.371 e. The van der Waals surface area contributed by atoms with E-state index >= 15 is 0 Å². The van der Waals surface area contributed by atoms with Gasteiger partial charge in [-0.15, -0.1) is 0 Å². The fourth-order valence-corrected chi connectivity index (χ4v) is 4.33. The van der Waals surface area contributed by atoms with Crippen molar-refractivity contribution in [2.45, 2.75) is 25.5 Å². The minimum atomic E-state index is -0.971. The highest BCUT2D eigenvalue weighted by Gasteiger charge is 2.23. The number of hydrogen-bond donors (Lipinski definition) is 1. The molecule has 4 unspecified atom stereocenters. The molecule has 1 saturated heterocycles. The highest BCUT2D eigenvalue weighted by molar-refractivity contribution is 7.82. The lowest BCUT2D eigenvalue weighted by Gasteiger charge is -2.34.